The van der Waals surface area contributed by atoms with Crippen LogP contribution in [0.4, 0.5) is 5.69 Å². The van der Waals surface area contributed by atoms with Crippen LogP contribution in [0.2, 0.25) is 0 Å². The lowest BCUT2D eigenvalue weighted by molar-refractivity contribution is 0.685. The van der Waals surface area contributed by atoms with Crippen LogP contribution in [-0.2, 0) is 0 Å². The van der Waals surface area contributed by atoms with Gasteiger partial charge >= 0.3 is 0 Å². The molecule has 1 fully saturated rings. The standard InChI is InChI=1S/C12H14N2S/c13-8-10-3-1-4-11(7-10)14-12-5-2-6-15-9-12/h1,3-4,7,12,14H,2,5-6,9H2/t12-/m1/s1. The maximum atomic E-state index is 8.79. The number of thioether (sulfide) groups is 1. The molecule has 15 heavy (non-hydrogen) atoms. The molecular weight excluding hydrogens is 204 g/mol. The first-order valence-electron chi connectivity index (χ1n) is 5.23. The Morgan fingerprint density at radius 2 is 2.40 bits per heavy atom. The average molecular weight is 218 g/mol. The van der Waals surface area contributed by atoms with Crippen LogP contribution in [0.15, 0.2) is 24.3 Å². The zero-order valence-corrected chi connectivity index (χ0v) is 9.39. The van der Waals surface area contributed by atoms with E-state index in [1.807, 2.05) is 36.0 Å². The predicted octanol–water partition coefficient (Wildman–Crippen LogP) is 2.87. The van der Waals surface area contributed by atoms with E-state index in [0.717, 1.165) is 11.3 Å². The Labute approximate surface area is 94.7 Å². The smallest absolute Gasteiger partial charge is 0.0992 e. The number of anilines is 1. The van der Waals surface area contributed by atoms with Crippen molar-refractivity contribution in [3.05, 3.63) is 29.8 Å². The Balaban J connectivity index is 2.00. The minimum absolute atomic E-state index is 0.567. The third-order valence-corrected chi connectivity index (χ3v) is 3.74. The van der Waals surface area contributed by atoms with Crippen molar-refractivity contribution >= 4 is 17.4 Å². The monoisotopic (exact) mass is 218 g/mol. The highest BCUT2D eigenvalue weighted by atomic mass is 32.2. The number of benzene rings is 1. The first-order chi connectivity index (χ1) is 7.38. The summed E-state index contributed by atoms with van der Waals surface area (Å²) in [5.41, 5.74) is 1.80. The molecule has 0 unspecified atom stereocenters. The molecule has 1 atom stereocenters. The number of hydrogen-bond acceptors (Lipinski definition) is 3. The van der Waals surface area contributed by atoms with E-state index in [-0.39, 0.29) is 0 Å². The summed E-state index contributed by atoms with van der Waals surface area (Å²) in [5.74, 6) is 2.47. The SMILES string of the molecule is N#Cc1cccc(N[C@@H]2CCCSC2)c1. The van der Waals surface area contributed by atoms with Crippen LogP contribution in [0.1, 0.15) is 18.4 Å². The molecule has 1 aromatic rings. The van der Waals surface area contributed by atoms with Gasteiger partial charge in [-0.15, -0.1) is 0 Å². The van der Waals surface area contributed by atoms with Gasteiger partial charge in [-0.3, -0.25) is 0 Å². The Bertz CT molecular complexity index is 364. The van der Waals surface area contributed by atoms with Crippen molar-refractivity contribution in [3.63, 3.8) is 0 Å². The second-order valence-electron chi connectivity index (χ2n) is 3.75. The molecule has 1 aliphatic heterocycles. The highest BCUT2D eigenvalue weighted by Crippen LogP contribution is 2.21. The molecule has 0 bridgehead atoms. The molecule has 3 heteroatoms. The van der Waals surface area contributed by atoms with E-state index in [1.165, 1.54) is 24.3 Å². The molecule has 2 rings (SSSR count). The van der Waals surface area contributed by atoms with Gasteiger partial charge in [-0.1, -0.05) is 6.07 Å². The zero-order valence-electron chi connectivity index (χ0n) is 8.57. The Morgan fingerprint density at radius 1 is 1.47 bits per heavy atom. The molecular formula is C12H14N2S. The fourth-order valence-corrected chi connectivity index (χ4v) is 2.84. The minimum atomic E-state index is 0.567. The number of nitriles is 1. The molecule has 1 heterocycles. The summed E-state index contributed by atoms with van der Waals surface area (Å²) in [5, 5.41) is 12.3. The maximum absolute atomic E-state index is 8.79. The number of nitrogens with zero attached hydrogens (tertiary/aromatic N) is 1. The molecule has 0 spiro atoms. The van der Waals surface area contributed by atoms with E-state index in [2.05, 4.69) is 11.4 Å². The molecule has 0 aromatic heterocycles. The molecule has 0 aliphatic carbocycles. The summed E-state index contributed by atoms with van der Waals surface area (Å²) in [6, 6.07) is 10.4. The lowest BCUT2D eigenvalue weighted by atomic mass is 10.1. The summed E-state index contributed by atoms with van der Waals surface area (Å²) in [6.45, 7) is 0. The number of hydrogen-bond donors (Lipinski definition) is 1. The molecule has 1 saturated heterocycles. The highest BCUT2D eigenvalue weighted by molar-refractivity contribution is 7.99. The molecule has 1 N–H and O–H groups in total. The number of nitrogens with one attached hydrogen (secondary N) is 1. The second kappa shape index (κ2) is 5.09. The van der Waals surface area contributed by atoms with Crippen LogP contribution >= 0.6 is 11.8 Å². The normalized spacial score (nSPS) is 20.6. The van der Waals surface area contributed by atoms with Gasteiger partial charge in [-0.2, -0.15) is 17.0 Å². The Kier molecular flexibility index (Phi) is 3.52. The predicted molar refractivity (Wildman–Crippen MR) is 65.1 cm³/mol. The lowest BCUT2D eigenvalue weighted by Gasteiger charge is -2.23. The molecule has 0 saturated carbocycles. The summed E-state index contributed by atoms with van der Waals surface area (Å²) < 4.78 is 0. The molecule has 1 aromatic carbocycles. The van der Waals surface area contributed by atoms with Gasteiger partial charge in [0, 0.05) is 17.5 Å². The third kappa shape index (κ3) is 2.90. The first kappa shape index (κ1) is 10.4. The number of rotatable bonds is 2. The van der Waals surface area contributed by atoms with E-state index < -0.39 is 0 Å². The first-order valence-corrected chi connectivity index (χ1v) is 6.38. The second-order valence-corrected chi connectivity index (χ2v) is 4.90. The van der Waals surface area contributed by atoms with E-state index >= 15 is 0 Å². The van der Waals surface area contributed by atoms with Crippen molar-refractivity contribution < 1.29 is 0 Å². The van der Waals surface area contributed by atoms with E-state index in [9.17, 15) is 0 Å². The van der Waals surface area contributed by atoms with Crippen molar-refractivity contribution in [2.24, 2.45) is 0 Å². The van der Waals surface area contributed by atoms with E-state index in [4.69, 9.17) is 5.26 Å². The summed E-state index contributed by atoms with van der Waals surface area (Å²) in [4.78, 5) is 0. The van der Waals surface area contributed by atoms with Gasteiger partial charge in [-0.25, -0.2) is 0 Å². The molecule has 1 aliphatic rings. The lowest BCUT2D eigenvalue weighted by Crippen LogP contribution is -2.25. The maximum Gasteiger partial charge on any atom is 0.0992 e. The third-order valence-electron chi connectivity index (χ3n) is 2.52. The summed E-state index contributed by atoms with van der Waals surface area (Å²) in [7, 11) is 0. The molecule has 0 radical (unpaired) electrons. The van der Waals surface area contributed by atoms with Crippen molar-refractivity contribution in [2.45, 2.75) is 18.9 Å². The van der Waals surface area contributed by atoms with Crippen LogP contribution in [0.5, 0.6) is 0 Å². The van der Waals surface area contributed by atoms with Crippen LogP contribution in [0.25, 0.3) is 0 Å². The van der Waals surface area contributed by atoms with Gasteiger partial charge in [0.1, 0.15) is 0 Å². The van der Waals surface area contributed by atoms with Gasteiger partial charge in [0.25, 0.3) is 0 Å². The molecule has 2 nitrogen and oxygen atoms in total. The van der Waals surface area contributed by atoms with Gasteiger partial charge in [-0.05, 0) is 36.8 Å². The zero-order chi connectivity index (χ0) is 10.5. The fourth-order valence-electron chi connectivity index (χ4n) is 1.77. The van der Waals surface area contributed by atoms with Crippen LogP contribution in [0, 0.1) is 11.3 Å². The Hall–Kier alpha value is -1.14. The Morgan fingerprint density at radius 3 is 3.13 bits per heavy atom. The van der Waals surface area contributed by atoms with Crippen molar-refractivity contribution in [1.82, 2.24) is 0 Å². The van der Waals surface area contributed by atoms with E-state index in [1.54, 1.807) is 0 Å². The topological polar surface area (TPSA) is 35.8 Å². The van der Waals surface area contributed by atoms with Gasteiger partial charge in [0.05, 0.1) is 11.6 Å². The van der Waals surface area contributed by atoms with Crippen LogP contribution in [-0.4, -0.2) is 17.5 Å². The van der Waals surface area contributed by atoms with Crippen molar-refractivity contribution in [3.8, 4) is 6.07 Å². The summed E-state index contributed by atoms with van der Waals surface area (Å²) >= 11 is 2.00. The highest BCUT2D eigenvalue weighted by Gasteiger charge is 2.12. The van der Waals surface area contributed by atoms with Crippen LogP contribution < -0.4 is 5.32 Å². The van der Waals surface area contributed by atoms with Crippen molar-refractivity contribution in [2.75, 3.05) is 16.8 Å². The van der Waals surface area contributed by atoms with Crippen LogP contribution in [0.3, 0.4) is 0 Å². The van der Waals surface area contributed by atoms with Crippen molar-refractivity contribution in [1.29, 1.82) is 5.26 Å². The minimum Gasteiger partial charge on any atom is -0.381 e. The quantitative estimate of drug-likeness (QED) is 0.829. The molecule has 0 amide bonds. The fraction of sp³-hybridized carbons (Fsp3) is 0.417. The van der Waals surface area contributed by atoms with Gasteiger partial charge in [0.2, 0.25) is 0 Å². The van der Waals surface area contributed by atoms with Gasteiger partial charge < -0.3 is 5.32 Å². The largest absolute Gasteiger partial charge is 0.381 e. The average Bonchev–Trinajstić information content (AvgIpc) is 2.31. The van der Waals surface area contributed by atoms with Gasteiger partial charge in [0.15, 0.2) is 0 Å². The summed E-state index contributed by atoms with van der Waals surface area (Å²) in [6.07, 6.45) is 2.53. The van der Waals surface area contributed by atoms with E-state index in [0.29, 0.717) is 6.04 Å². The molecule has 78 valence electrons.